The monoisotopic (exact) mass is 689 g/mol. The zero-order chi connectivity index (χ0) is 35.3. The average Bonchev–Trinajstić information content (AvgIpc) is 3.92. The molecule has 0 spiro atoms. The molecule has 2 aromatic carbocycles. The molecule has 1 atom stereocenters. The van der Waals surface area contributed by atoms with E-state index in [4.69, 9.17) is 15.6 Å². The van der Waals surface area contributed by atoms with E-state index in [0.29, 0.717) is 42.3 Å². The number of hydrogen-bond donors (Lipinski definition) is 2. The molecule has 3 N–H and O–H groups in total. The molecule has 4 heterocycles. The quantitative estimate of drug-likeness (QED) is 0.177. The number of methoxy groups -OCH3 is 1. The Kier molecular flexibility index (Phi) is 8.48. The van der Waals surface area contributed by atoms with Gasteiger partial charge >= 0.3 is 6.18 Å². The molecular weight excluding hydrogens is 654 g/mol. The largest absolute Gasteiger partial charge is 0.497 e. The summed E-state index contributed by atoms with van der Waals surface area (Å²) < 4.78 is 64.7. The van der Waals surface area contributed by atoms with Crippen molar-refractivity contribution in [2.75, 3.05) is 37.8 Å². The zero-order valence-electron chi connectivity index (χ0n) is 27.3. The number of carbonyl (C=O) groups is 2. The van der Waals surface area contributed by atoms with Crippen molar-refractivity contribution in [3.63, 3.8) is 0 Å². The van der Waals surface area contributed by atoms with Gasteiger partial charge in [-0.1, -0.05) is 30.8 Å². The van der Waals surface area contributed by atoms with Crippen LogP contribution in [0.25, 0.3) is 5.69 Å². The van der Waals surface area contributed by atoms with Crippen molar-refractivity contribution in [1.82, 2.24) is 24.6 Å². The number of nitrogens with zero attached hydrogens (tertiary/aromatic N) is 5. The lowest BCUT2D eigenvalue weighted by Gasteiger charge is -2.38. The molecule has 260 valence electrons. The van der Waals surface area contributed by atoms with Crippen LogP contribution in [0.15, 0.2) is 61.2 Å². The van der Waals surface area contributed by atoms with Crippen molar-refractivity contribution in [3.05, 3.63) is 106 Å². The van der Waals surface area contributed by atoms with E-state index in [1.165, 1.54) is 36.5 Å². The summed E-state index contributed by atoms with van der Waals surface area (Å²) in [4.78, 5) is 33.8. The summed E-state index contributed by atoms with van der Waals surface area (Å²) in [5, 5.41) is 7.65. The number of nitrogens with two attached hydrogens (primary N) is 1. The maximum absolute atomic E-state index is 15.8. The summed E-state index contributed by atoms with van der Waals surface area (Å²) in [6.07, 6.45) is -0.892. The fourth-order valence-electron chi connectivity index (χ4n) is 6.91. The molecule has 4 aromatic rings. The second-order valence-corrected chi connectivity index (χ2v) is 12.7. The lowest BCUT2D eigenvalue weighted by molar-refractivity contribution is -0.143. The predicted molar refractivity (Wildman–Crippen MR) is 177 cm³/mol. The third-order valence-corrected chi connectivity index (χ3v) is 9.62. The fourth-order valence-corrected chi connectivity index (χ4v) is 6.91. The Hall–Kier alpha value is -5.40. The van der Waals surface area contributed by atoms with Crippen molar-refractivity contribution in [2.45, 2.75) is 50.4 Å². The van der Waals surface area contributed by atoms with Crippen LogP contribution in [-0.2, 0) is 30.4 Å². The first kappa shape index (κ1) is 33.1. The minimum atomic E-state index is -5.18. The van der Waals surface area contributed by atoms with Gasteiger partial charge in [-0.05, 0) is 60.2 Å². The van der Waals surface area contributed by atoms with Crippen LogP contribution < -0.4 is 15.8 Å². The summed E-state index contributed by atoms with van der Waals surface area (Å²) in [6.45, 7) is 3.95. The van der Waals surface area contributed by atoms with Crippen LogP contribution in [0.3, 0.4) is 0 Å². The first-order valence-corrected chi connectivity index (χ1v) is 16.3. The second kappa shape index (κ2) is 12.8. The molecule has 10 nitrogen and oxygen atoms in total. The van der Waals surface area contributed by atoms with Gasteiger partial charge in [0.15, 0.2) is 11.5 Å². The number of nitrogen functional groups attached to an aromatic ring is 1. The van der Waals surface area contributed by atoms with Gasteiger partial charge in [0.1, 0.15) is 17.1 Å². The Bertz CT molecular complexity index is 1970. The van der Waals surface area contributed by atoms with Crippen LogP contribution in [0.5, 0.6) is 5.75 Å². The number of benzene rings is 2. The summed E-state index contributed by atoms with van der Waals surface area (Å²) in [5.41, 5.74) is 8.05. The van der Waals surface area contributed by atoms with Gasteiger partial charge in [-0.2, -0.15) is 18.3 Å². The van der Waals surface area contributed by atoms with Gasteiger partial charge in [0.25, 0.3) is 5.91 Å². The Morgan fingerprint density at radius 1 is 1.08 bits per heavy atom. The highest BCUT2D eigenvalue weighted by Gasteiger charge is 2.44. The van der Waals surface area contributed by atoms with Crippen molar-refractivity contribution in [1.29, 1.82) is 0 Å². The van der Waals surface area contributed by atoms with Crippen molar-refractivity contribution in [2.24, 2.45) is 0 Å². The summed E-state index contributed by atoms with van der Waals surface area (Å²) in [6, 6.07) is 14.1. The minimum Gasteiger partial charge on any atom is -0.497 e. The molecule has 0 saturated heterocycles. The normalized spacial score (nSPS) is 17.2. The van der Waals surface area contributed by atoms with Gasteiger partial charge in [0.05, 0.1) is 35.9 Å². The third-order valence-electron chi connectivity index (χ3n) is 9.62. The molecule has 0 bridgehead atoms. The Morgan fingerprint density at radius 3 is 2.44 bits per heavy atom. The van der Waals surface area contributed by atoms with Crippen LogP contribution in [0.1, 0.15) is 68.9 Å². The molecule has 3 aliphatic rings. The number of alkyl halides is 3. The van der Waals surface area contributed by atoms with Gasteiger partial charge in [-0.3, -0.25) is 9.59 Å². The van der Waals surface area contributed by atoms with Gasteiger partial charge in [-0.25, -0.2) is 14.1 Å². The molecule has 7 rings (SSSR count). The topological polar surface area (TPSA) is 119 Å². The van der Waals surface area contributed by atoms with E-state index in [0.717, 1.165) is 16.9 Å². The van der Waals surface area contributed by atoms with Crippen molar-refractivity contribution < 1.29 is 31.9 Å². The van der Waals surface area contributed by atoms with Gasteiger partial charge < -0.3 is 25.6 Å². The first-order chi connectivity index (χ1) is 24.0. The molecule has 2 amide bonds. The highest BCUT2D eigenvalue weighted by molar-refractivity contribution is 6.04. The van der Waals surface area contributed by atoms with Crippen LogP contribution in [0.2, 0.25) is 0 Å². The number of anilines is 2. The molecule has 2 aliphatic heterocycles. The first-order valence-electron chi connectivity index (χ1n) is 16.3. The standard InChI is InChI=1S/C36H35F4N7O3/c1-3-28(48)45-16-14-25-29-26(47(44-25)23-10-8-22(9-11-23)21-6-7-21)15-17-46(27(29)19-45)35(49)30-32(31(37)33(36(38,39)40)43-34(30)41)42-18-20-4-12-24(50-2)13-5-20/h3-5,8-13,21,27H,1,6-7,14-19H2,2H3,(H3,41,42,43)/t27-/m0/s1. The number of ether oxygens (including phenoxy) is 1. The molecule has 50 heavy (non-hydrogen) atoms. The van der Waals surface area contributed by atoms with Crippen molar-refractivity contribution >= 4 is 23.3 Å². The number of amides is 2. The molecule has 1 aliphatic carbocycles. The molecule has 0 unspecified atom stereocenters. The van der Waals surface area contributed by atoms with Gasteiger partial charge in [-0.15, -0.1) is 0 Å². The Labute approximate surface area is 285 Å². The summed E-state index contributed by atoms with van der Waals surface area (Å²) in [7, 11) is 1.49. The second-order valence-electron chi connectivity index (χ2n) is 12.7. The zero-order valence-corrected chi connectivity index (χ0v) is 27.3. The highest BCUT2D eigenvalue weighted by Crippen LogP contribution is 2.42. The number of aromatic nitrogens is 3. The number of halogens is 4. The summed E-state index contributed by atoms with van der Waals surface area (Å²) in [5.74, 6) is -2.54. The van der Waals surface area contributed by atoms with Crippen LogP contribution in [0, 0.1) is 5.82 Å². The lowest BCUT2D eigenvalue weighted by atomic mass is 9.94. The smallest absolute Gasteiger partial charge is 0.436 e. The van der Waals surface area contributed by atoms with Crippen LogP contribution >= 0.6 is 0 Å². The third kappa shape index (κ3) is 6.03. The van der Waals surface area contributed by atoms with E-state index in [-0.39, 0.29) is 25.5 Å². The average molecular weight is 690 g/mol. The minimum absolute atomic E-state index is 0.0635. The van der Waals surface area contributed by atoms with Crippen molar-refractivity contribution in [3.8, 4) is 11.4 Å². The van der Waals surface area contributed by atoms with E-state index in [1.807, 2.05) is 16.8 Å². The lowest BCUT2D eigenvalue weighted by Crippen LogP contribution is -2.46. The fraction of sp³-hybridized carbons (Fsp3) is 0.333. The Morgan fingerprint density at radius 2 is 1.80 bits per heavy atom. The van der Waals surface area contributed by atoms with E-state index in [2.05, 4.69) is 29.0 Å². The van der Waals surface area contributed by atoms with Gasteiger partial charge in [0, 0.05) is 44.6 Å². The predicted octanol–water partition coefficient (Wildman–Crippen LogP) is 5.82. The SMILES string of the molecule is C=CC(=O)N1CCc2nn(-c3ccc(C4CC4)cc3)c3c2[C@H](C1)N(C(=O)c1c(N)nc(C(F)(F)F)c(F)c1NCc1ccc(OC)cc1)CC3. The molecule has 1 fully saturated rings. The number of nitrogens with one attached hydrogen (secondary N) is 1. The maximum Gasteiger partial charge on any atom is 0.436 e. The number of rotatable bonds is 8. The number of pyridine rings is 1. The number of carbonyl (C=O) groups excluding carboxylic acids is 2. The summed E-state index contributed by atoms with van der Waals surface area (Å²) >= 11 is 0. The van der Waals surface area contributed by atoms with Crippen LogP contribution in [-0.4, -0.2) is 63.1 Å². The molecular formula is C36H35F4N7O3. The highest BCUT2D eigenvalue weighted by atomic mass is 19.4. The van der Waals surface area contributed by atoms with Crippen LogP contribution in [0.4, 0.5) is 29.1 Å². The van der Waals surface area contributed by atoms with E-state index >= 15 is 4.39 Å². The van der Waals surface area contributed by atoms with E-state index in [1.54, 1.807) is 29.2 Å². The molecule has 0 radical (unpaired) electrons. The number of hydrogen-bond acceptors (Lipinski definition) is 7. The Balaban J connectivity index is 1.29. The van der Waals surface area contributed by atoms with Gasteiger partial charge in [0.2, 0.25) is 5.91 Å². The van der Waals surface area contributed by atoms with E-state index < -0.39 is 46.7 Å². The molecule has 2 aromatic heterocycles. The maximum atomic E-state index is 15.8. The van der Waals surface area contributed by atoms with E-state index in [9.17, 15) is 22.8 Å². The molecule has 1 saturated carbocycles. The molecule has 14 heteroatoms.